The van der Waals surface area contributed by atoms with Gasteiger partial charge in [0.15, 0.2) is 0 Å². The number of aryl methyl sites for hydroxylation is 2. The number of rotatable bonds is 6. The van der Waals surface area contributed by atoms with Crippen LogP contribution in [0.25, 0.3) is 22.2 Å². The summed E-state index contributed by atoms with van der Waals surface area (Å²) in [6.07, 6.45) is 4.85. The summed E-state index contributed by atoms with van der Waals surface area (Å²) in [5.41, 5.74) is 5.39. The summed E-state index contributed by atoms with van der Waals surface area (Å²) in [4.78, 5) is 24.9. The first-order chi connectivity index (χ1) is 17.9. The molecule has 1 fully saturated rings. The lowest BCUT2D eigenvalue weighted by Gasteiger charge is -2.33. The number of nitrogens with zero attached hydrogens (tertiary/aromatic N) is 7. The summed E-state index contributed by atoms with van der Waals surface area (Å²) in [5.74, 6) is 1.36. The van der Waals surface area contributed by atoms with E-state index in [1.54, 1.807) is 23.5 Å². The number of hydrogen-bond acceptors (Lipinski definition) is 9. The zero-order valence-electron chi connectivity index (χ0n) is 21.4. The lowest BCUT2D eigenvalue weighted by Crippen LogP contribution is -2.49. The van der Waals surface area contributed by atoms with Gasteiger partial charge in [0, 0.05) is 55.1 Å². The van der Waals surface area contributed by atoms with Crippen LogP contribution in [0.4, 0.5) is 10.7 Å². The van der Waals surface area contributed by atoms with Crippen LogP contribution in [0, 0.1) is 13.8 Å². The number of anilines is 1. The molecule has 1 saturated heterocycles. The number of aromatic nitrogens is 6. The molecule has 1 aliphatic heterocycles. The van der Waals surface area contributed by atoms with Gasteiger partial charge in [0.1, 0.15) is 17.5 Å². The average Bonchev–Trinajstić information content (AvgIpc) is 3.32. The number of fused-ring (bicyclic) bond motifs is 1. The van der Waals surface area contributed by atoms with Crippen LogP contribution in [0.1, 0.15) is 36.8 Å². The van der Waals surface area contributed by atoms with Crippen molar-refractivity contribution in [2.75, 3.05) is 37.7 Å². The molecule has 0 unspecified atom stereocenters. The molecule has 4 heterocycles. The lowest BCUT2D eigenvalue weighted by molar-refractivity contribution is 0.105. The van der Waals surface area contributed by atoms with Crippen LogP contribution in [0.5, 0.6) is 5.75 Å². The molecule has 1 N–H and O–H groups in total. The molecule has 1 atom stereocenters. The fourth-order valence-electron chi connectivity index (χ4n) is 4.69. The largest absolute Gasteiger partial charge is 0.486 e. The van der Waals surface area contributed by atoms with Crippen LogP contribution in [0.2, 0.25) is 0 Å². The van der Waals surface area contributed by atoms with E-state index >= 15 is 0 Å². The zero-order chi connectivity index (χ0) is 25.9. The second kappa shape index (κ2) is 10.4. The van der Waals surface area contributed by atoms with Gasteiger partial charge in [0.05, 0.1) is 24.0 Å². The number of H-pyrrole nitrogens is 1. The molecule has 3 aromatic heterocycles. The standard InChI is InChI=1S/C26H30N8O3/c1-5-36-26(35)34-10-8-33(9-11-34)25-27-14-19(15-28-25)24-21-12-20(6-7-22(21)31-32-24)37-18(4)23-16(2)13-29-30-17(23)3/h6-7,12-15,18H,5,8-11H2,1-4H3,(H,31,32)/t18-/m1/s1. The van der Waals surface area contributed by atoms with E-state index in [0.717, 1.165) is 44.7 Å². The van der Waals surface area contributed by atoms with E-state index in [4.69, 9.17) is 9.47 Å². The summed E-state index contributed by atoms with van der Waals surface area (Å²) in [6.45, 7) is 10.6. The predicted octanol–water partition coefficient (Wildman–Crippen LogP) is 3.85. The highest BCUT2D eigenvalue weighted by atomic mass is 16.6. The first kappa shape index (κ1) is 24.4. The van der Waals surface area contributed by atoms with Crippen LogP contribution in [0.15, 0.2) is 36.8 Å². The predicted molar refractivity (Wildman–Crippen MR) is 138 cm³/mol. The summed E-state index contributed by atoms with van der Waals surface area (Å²) in [5, 5.41) is 16.7. The first-order valence-corrected chi connectivity index (χ1v) is 12.4. The van der Waals surface area contributed by atoms with Gasteiger partial charge in [-0.25, -0.2) is 14.8 Å². The second-order valence-electron chi connectivity index (χ2n) is 9.01. The Labute approximate surface area is 214 Å². The van der Waals surface area contributed by atoms with Crippen LogP contribution < -0.4 is 9.64 Å². The molecule has 0 saturated carbocycles. The van der Waals surface area contributed by atoms with Gasteiger partial charge in [-0.1, -0.05) is 0 Å². The van der Waals surface area contributed by atoms with E-state index in [1.165, 1.54) is 0 Å². The van der Waals surface area contributed by atoms with Crippen molar-refractivity contribution in [1.29, 1.82) is 0 Å². The number of amides is 1. The Bertz CT molecular complexity index is 1380. The number of hydrogen-bond donors (Lipinski definition) is 1. The van der Waals surface area contributed by atoms with Crippen molar-refractivity contribution in [1.82, 2.24) is 35.3 Å². The van der Waals surface area contributed by atoms with Crippen molar-refractivity contribution in [2.24, 2.45) is 0 Å². The van der Waals surface area contributed by atoms with Gasteiger partial charge >= 0.3 is 6.09 Å². The molecule has 0 spiro atoms. The summed E-state index contributed by atoms with van der Waals surface area (Å²) in [6, 6.07) is 5.86. The first-order valence-electron chi connectivity index (χ1n) is 12.4. The number of carbonyl (C=O) groups is 1. The van der Waals surface area contributed by atoms with Crippen LogP contribution in [-0.4, -0.2) is 74.1 Å². The normalized spacial score (nSPS) is 14.6. The van der Waals surface area contributed by atoms with Gasteiger partial charge in [0.25, 0.3) is 0 Å². The number of aromatic amines is 1. The molecular weight excluding hydrogens is 472 g/mol. The van der Waals surface area contributed by atoms with Gasteiger partial charge in [-0.3, -0.25) is 5.10 Å². The van der Waals surface area contributed by atoms with Crippen molar-refractivity contribution >= 4 is 22.9 Å². The molecule has 192 valence electrons. The highest BCUT2D eigenvalue weighted by molar-refractivity contribution is 5.93. The molecule has 37 heavy (non-hydrogen) atoms. The molecule has 0 aliphatic carbocycles. The van der Waals surface area contributed by atoms with Crippen LogP contribution in [0.3, 0.4) is 0 Å². The van der Waals surface area contributed by atoms with Crippen molar-refractivity contribution < 1.29 is 14.3 Å². The highest BCUT2D eigenvalue weighted by Crippen LogP contribution is 2.32. The third kappa shape index (κ3) is 5.02. The molecule has 1 aliphatic rings. The summed E-state index contributed by atoms with van der Waals surface area (Å²) >= 11 is 0. The van der Waals surface area contributed by atoms with Gasteiger partial charge in [0.2, 0.25) is 5.95 Å². The molecule has 11 heteroatoms. The molecule has 1 aromatic carbocycles. The van der Waals surface area contributed by atoms with E-state index in [0.29, 0.717) is 38.7 Å². The Morgan fingerprint density at radius 3 is 2.57 bits per heavy atom. The fourth-order valence-corrected chi connectivity index (χ4v) is 4.69. The minimum atomic E-state index is -0.274. The Morgan fingerprint density at radius 2 is 1.86 bits per heavy atom. The van der Waals surface area contributed by atoms with E-state index in [1.807, 2.05) is 45.9 Å². The summed E-state index contributed by atoms with van der Waals surface area (Å²) < 4.78 is 11.4. The van der Waals surface area contributed by atoms with E-state index in [2.05, 4.69) is 35.3 Å². The Morgan fingerprint density at radius 1 is 1.11 bits per heavy atom. The number of ether oxygens (including phenoxy) is 2. The molecule has 4 aromatic rings. The maximum absolute atomic E-state index is 11.9. The van der Waals surface area contributed by atoms with Gasteiger partial charge in [-0.15, -0.1) is 0 Å². The summed E-state index contributed by atoms with van der Waals surface area (Å²) in [7, 11) is 0. The van der Waals surface area contributed by atoms with Crippen molar-refractivity contribution in [3.05, 3.63) is 53.6 Å². The molecule has 0 radical (unpaired) electrons. The molecule has 11 nitrogen and oxygen atoms in total. The fraction of sp³-hybridized carbons (Fsp3) is 0.385. The third-order valence-corrected chi connectivity index (χ3v) is 6.53. The minimum Gasteiger partial charge on any atom is -0.486 e. The minimum absolute atomic E-state index is 0.185. The molecule has 5 rings (SSSR count). The van der Waals surface area contributed by atoms with Crippen molar-refractivity contribution in [2.45, 2.75) is 33.8 Å². The number of nitrogens with one attached hydrogen (secondary N) is 1. The monoisotopic (exact) mass is 502 g/mol. The number of piperazine rings is 1. The smallest absolute Gasteiger partial charge is 0.409 e. The van der Waals surface area contributed by atoms with E-state index in [-0.39, 0.29) is 12.2 Å². The molecule has 1 amide bonds. The maximum Gasteiger partial charge on any atom is 0.409 e. The van der Waals surface area contributed by atoms with Crippen molar-refractivity contribution in [3.8, 4) is 17.0 Å². The number of benzene rings is 1. The maximum atomic E-state index is 11.9. The molecule has 0 bridgehead atoms. The Hall–Kier alpha value is -4.28. The SMILES string of the molecule is CCOC(=O)N1CCN(c2ncc(-c3n[nH]c4ccc(O[C@H](C)c5c(C)cnnc5C)cc34)cn2)CC1. The second-order valence-corrected chi connectivity index (χ2v) is 9.01. The van der Waals surface area contributed by atoms with E-state index in [9.17, 15) is 4.79 Å². The van der Waals surface area contributed by atoms with E-state index < -0.39 is 0 Å². The highest BCUT2D eigenvalue weighted by Gasteiger charge is 2.23. The number of carbonyl (C=O) groups excluding carboxylic acids is 1. The van der Waals surface area contributed by atoms with Crippen LogP contribution in [-0.2, 0) is 4.74 Å². The average molecular weight is 503 g/mol. The third-order valence-electron chi connectivity index (χ3n) is 6.53. The molecular formula is C26H30N8O3. The van der Waals surface area contributed by atoms with Gasteiger partial charge < -0.3 is 19.3 Å². The Kier molecular flexibility index (Phi) is 6.85. The van der Waals surface area contributed by atoms with Crippen LogP contribution >= 0.6 is 0 Å². The van der Waals surface area contributed by atoms with Gasteiger partial charge in [-0.05, 0) is 51.5 Å². The lowest BCUT2D eigenvalue weighted by atomic mass is 10.0. The quantitative estimate of drug-likeness (QED) is 0.419. The zero-order valence-corrected chi connectivity index (χ0v) is 21.4. The van der Waals surface area contributed by atoms with Gasteiger partial charge in [-0.2, -0.15) is 15.3 Å². The van der Waals surface area contributed by atoms with Crippen molar-refractivity contribution in [3.63, 3.8) is 0 Å². The Balaban J connectivity index is 1.31. The topological polar surface area (TPSA) is 122 Å².